The quantitative estimate of drug-likeness (QED) is 0.739. The van der Waals surface area contributed by atoms with Gasteiger partial charge in [-0.15, -0.1) is 0 Å². The van der Waals surface area contributed by atoms with Gasteiger partial charge >= 0.3 is 6.09 Å². The van der Waals surface area contributed by atoms with Gasteiger partial charge < -0.3 is 14.4 Å². The summed E-state index contributed by atoms with van der Waals surface area (Å²) in [5.74, 6) is 0. The van der Waals surface area contributed by atoms with E-state index < -0.39 is 21.2 Å². The summed E-state index contributed by atoms with van der Waals surface area (Å²) in [5.41, 5.74) is -1.14. The molecular weight excluding hydrogens is 372 g/mol. The number of carbonyl (C=O) groups is 1. The molecule has 9 nitrogen and oxygen atoms in total. The molecule has 2 aliphatic heterocycles. The van der Waals surface area contributed by atoms with Crippen molar-refractivity contribution in [3.63, 3.8) is 0 Å². The largest absolute Gasteiger partial charge is 0.444 e. The molecule has 2 fully saturated rings. The van der Waals surface area contributed by atoms with Crippen LogP contribution < -0.4 is 0 Å². The first-order valence-corrected chi connectivity index (χ1v) is 10.4. The Morgan fingerprint density at radius 1 is 1.22 bits per heavy atom. The Hall–Kier alpha value is -1.78. The van der Waals surface area contributed by atoms with Gasteiger partial charge in [0.05, 0.1) is 18.4 Å². The van der Waals surface area contributed by atoms with Crippen LogP contribution in [0.4, 0.5) is 4.79 Å². The molecule has 1 aromatic heterocycles. The molecule has 0 radical (unpaired) electrons. The van der Waals surface area contributed by atoms with Crippen LogP contribution in [0.1, 0.15) is 33.6 Å². The number of hydrogen-bond donors (Lipinski definition) is 0. The van der Waals surface area contributed by atoms with Crippen LogP contribution in [-0.2, 0) is 19.5 Å². The van der Waals surface area contributed by atoms with Gasteiger partial charge in [-0.3, -0.25) is 4.98 Å². The molecule has 150 valence electrons. The van der Waals surface area contributed by atoms with Gasteiger partial charge in [-0.2, -0.15) is 4.31 Å². The van der Waals surface area contributed by atoms with E-state index in [2.05, 4.69) is 9.97 Å². The Balaban J connectivity index is 1.66. The van der Waals surface area contributed by atoms with E-state index in [1.807, 2.05) is 20.8 Å². The summed E-state index contributed by atoms with van der Waals surface area (Å²) in [6.45, 7) is 7.25. The van der Waals surface area contributed by atoms with Crippen molar-refractivity contribution in [2.75, 3.05) is 32.8 Å². The van der Waals surface area contributed by atoms with Gasteiger partial charge in [0.2, 0.25) is 0 Å². The molecule has 2 saturated heterocycles. The molecule has 3 rings (SSSR count). The summed E-state index contributed by atoms with van der Waals surface area (Å²) >= 11 is 0. The van der Waals surface area contributed by atoms with Gasteiger partial charge in [0.15, 0.2) is 5.03 Å². The van der Waals surface area contributed by atoms with Crippen molar-refractivity contribution in [2.45, 2.75) is 49.8 Å². The van der Waals surface area contributed by atoms with E-state index in [4.69, 9.17) is 9.47 Å². The number of piperidine rings is 1. The fourth-order valence-corrected chi connectivity index (χ4v) is 4.66. The van der Waals surface area contributed by atoms with Crippen LogP contribution in [-0.4, -0.2) is 77.7 Å². The number of morpholine rings is 1. The van der Waals surface area contributed by atoms with Crippen molar-refractivity contribution in [3.05, 3.63) is 18.6 Å². The van der Waals surface area contributed by atoms with Crippen LogP contribution >= 0.6 is 0 Å². The van der Waals surface area contributed by atoms with E-state index in [0.717, 1.165) is 0 Å². The third-order valence-electron chi connectivity index (χ3n) is 4.68. The first-order valence-electron chi connectivity index (χ1n) is 8.99. The van der Waals surface area contributed by atoms with Gasteiger partial charge in [-0.25, -0.2) is 18.2 Å². The highest BCUT2D eigenvalue weighted by Gasteiger charge is 2.44. The predicted molar refractivity (Wildman–Crippen MR) is 96.5 cm³/mol. The smallest absolute Gasteiger partial charge is 0.410 e. The Morgan fingerprint density at radius 3 is 2.52 bits per heavy atom. The van der Waals surface area contributed by atoms with Gasteiger partial charge in [0, 0.05) is 38.6 Å². The van der Waals surface area contributed by atoms with Gasteiger partial charge in [0.25, 0.3) is 10.0 Å². The Labute approximate surface area is 159 Å². The Kier molecular flexibility index (Phi) is 5.42. The van der Waals surface area contributed by atoms with Crippen molar-refractivity contribution < 1.29 is 22.7 Å². The minimum absolute atomic E-state index is 0.0618. The molecule has 0 N–H and O–H groups in total. The highest BCUT2D eigenvalue weighted by atomic mass is 32.2. The first-order chi connectivity index (χ1) is 12.6. The molecule has 0 unspecified atom stereocenters. The van der Waals surface area contributed by atoms with Crippen molar-refractivity contribution in [1.29, 1.82) is 0 Å². The summed E-state index contributed by atoms with van der Waals surface area (Å²) in [6.07, 6.45) is 4.81. The maximum Gasteiger partial charge on any atom is 0.410 e. The molecule has 0 atom stereocenters. The van der Waals surface area contributed by atoms with E-state index in [1.54, 1.807) is 4.90 Å². The SMILES string of the molecule is CC(C)(C)OC(=O)N1CCC2(CC1)CN(S(=O)(=O)c1cnccn1)CCO2. The molecule has 10 heteroatoms. The van der Waals surface area contributed by atoms with Gasteiger partial charge in [-0.05, 0) is 33.6 Å². The molecule has 1 amide bonds. The third-order valence-corrected chi connectivity index (χ3v) is 6.41. The van der Waals surface area contributed by atoms with Crippen molar-refractivity contribution >= 4 is 16.1 Å². The molecular formula is C17H26N4O5S. The molecule has 1 aromatic rings. The number of ether oxygens (including phenoxy) is 2. The normalized spacial score (nSPS) is 21.2. The average Bonchev–Trinajstić information content (AvgIpc) is 2.62. The van der Waals surface area contributed by atoms with Crippen LogP contribution in [0.25, 0.3) is 0 Å². The second-order valence-corrected chi connectivity index (χ2v) is 9.77. The zero-order valence-corrected chi connectivity index (χ0v) is 16.7. The fraction of sp³-hybridized carbons (Fsp3) is 0.706. The number of hydrogen-bond acceptors (Lipinski definition) is 7. The lowest BCUT2D eigenvalue weighted by molar-refractivity contribution is -0.118. The standard InChI is InChI=1S/C17H26N4O5S/c1-16(2,3)26-15(22)20-8-4-17(5-9-20)13-21(10-11-25-17)27(23,24)14-12-18-6-7-19-14/h6-7,12H,4-5,8-11,13H2,1-3H3. The minimum Gasteiger partial charge on any atom is -0.444 e. The summed E-state index contributed by atoms with van der Waals surface area (Å²) in [7, 11) is -3.72. The maximum atomic E-state index is 12.8. The molecule has 0 aromatic carbocycles. The van der Waals surface area contributed by atoms with Crippen molar-refractivity contribution in [1.82, 2.24) is 19.2 Å². The van der Waals surface area contributed by atoms with E-state index >= 15 is 0 Å². The number of carbonyl (C=O) groups excluding carboxylic acids is 1. The maximum absolute atomic E-state index is 12.8. The zero-order chi connectivity index (χ0) is 19.7. The number of rotatable bonds is 2. The minimum atomic E-state index is -3.72. The third kappa shape index (κ3) is 4.56. The lowest BCUT2D eigenvalue weighted by Crippen LogP contribution is -2.58. The Bertz CT molecular complexity index is 770. The lowest BCUT2D eigenvalue weighted by atomic mass is 9.90. The van der Waals surface area contributed by atoms with Gasteiger partial charge in [-0.1, -0.05) is 0 Å². The second kappa shape index (κ2) is 7.33. The first kappa shape index (κ1) is 20.0. The van der Waals surface area contributed by atoms with Crippen LogP contribution in [0.2, 0.25) is 0 Å². The van der Waals surface area contributed by atoms with Crippen LogP contribution in [0, 0.1) is 0 Å². The lowest BCUT2D eigenvalue weighted by Gasteiger charge is -2.46. The van der Waals surface area contributed by atoms with Crippen LogP contribution in [0.15, 0.2) is 23.6 Å². The number of likely N-dealkylation sites (tertiary alicyclic amines) is 1. The zero-order valence-electron chi connectivity index (χ0n) is 15.9. The summed E-state index contributed by atoms with van der Waals surface area (Å²) in [6, 6.07) is 0. The molecule has 1 spiro atoms. The number of aromatic nitrogens is 2. The molecule has 27 heavy (non-hydrogen) atoms. The highest BCUT2D eigenvalue weighted by Crippen LogP contribution is 2.32. The van der Waals surface area contributed by atoms with E-state index in [1.165, 1.54) is 22.9 Å². The summed E-state index contributed by atoms with van der Waals surface area (Å²) < 4.78 is 38.4. The number of amides is 1. The van der Waals surface area contributed by atoms with E-state index in [0.29, 0.717) is 32.5 Å². The Morgan fingerprint density at radius 2 is 1.93 bits per heavy atom. The summed E-state index contributed by atoms with van der Waals surface area (Å²) in [4.78, 5) is 21.7. The molecule has 2 aliphatic rings. The summed E-state index contributed by atoms with van der Waals surface area (Å²) in [5, 5.41) is -0.0618. The topological polar surface area (TPSA) is 102 Å². The number of sulfonamides is 1. The molecule has 3 heterocycles. The van der Waals surface area contributed by atoms with Crippen LogP contribution in [0.3, 0.4) is 0 Å². The molecule has 0 bridgehead atoms. The highest BCUT2D eigenvalue weighted by molar-refractivity contribution is 7.89. The van der Waals surface area contributed by atoms with E-state index in [-0.39, 0.29) is 24.2 Å². The molecule has 0 saturated carbocycles. The van der Waals surface area contributed by atoms with Crippen molar-refractivity contribution in [3.8, 4) is 0 Å². The van der Waals surface area contributed by atoms with Crippen molar-refractivity contribution in [2.24, 2.45) is 0 Å². The fourth-order valence-electron chi connectivity index (χ4n) is 3.29. The average molecular weight is 398 g/mol. The van der Waals surface area contributed by atoms with Gasteiger partial charge in [0.1, 0.15) is 5.60 Å². The predicted octanol–water partition coefficient (Wildman–Crippen LogP) is 1.27. The number of nitrogens with zero attached hydrogens (tertiary/aromatic N) is 4. The monoisotopic (exact) mass is 398 g/mol. The molecule has 0 aliphatic carbocycles. The van der Waals surface area contributed by atoms with E-state index in [9.17, 15) is 13.2 Å². The second-order valence-electron chi connectivity index (χ2n) is 7.88. The van der Waals surface area contributed by atoms with Crippen LogP contribution in [0.5, 0.6) is 0 Å².